The van der Waals surface area contributed by atoms with Crippen molar-refractivity contribution in [2.75, 3.05) is 17.2 Å². The minimum Gasteiger partial charge on any atom is -0.504 e. The first-order chi connectivity index (χ1) is 11.9. The molecule has 1 heterocycles. The minimum absolute atomic E-state index is 0.0184. The number of para-hydroxylation sites is 1. The van der Waals surface area contributed by atoms with Gasteiger partial charge in [0.05, 0.1) is 24.0 Å². The molecule has 132 valence electrons. The zero-order valence-electron chi connectivity index (χ0n) is 14.5. The Morgan fingerprint density at radius 1 is 1.36 bits per heavy atom. The van der Waals surface area contributed by atoms with Gasteiger partial charge in [-0.25, -0.2) is 0 Å². The molecule has 0 aliphatic carbocycles. The molecule has 3 N–H and O–H groups in total. The van der Waals surface area contributed by atoms with Gasteiger partial charge in [-0.15, -0.1) is 0 Å². The molecule has 1 aliphatic rings. The number of hydrogen-bond donors (Lipinski definition) is 3. The number of phenolic OH excluding ortho intramolecular Hbond substituents is 1. The van der Waals surface area contributed by atoms with Crippen LogP contribution >= 0.6 is 0 Å². The summed E-state index contributed by atoms with van der Waals surface area (Å²) >= 11 is 0. The molecule has 2 aromatic rings. The third-order valence-electron chi connectivity index (χ3n) is 3.78. The first-order valence-corrected chi connectivity index (χ1v) is 8.24. The van der Waals surface area contributed by atoms with E-state index in [1.807, 2.05) is 39.0 Å². The van der Waals surface area contributed by atoms with E-state index in [0.717, 1.165) is 11.3 Å². The van der Waals surface area contributed by atoms with Crippen molar-refractivity contribution >= 4 is 17.3 Å². The number of nitrogens with one attached hydrogen (secondary N) is 2. The molecule has 0 fully saturated rings. The number of phenols is 1. The molecule has 0 saturated carbocycles. The fourth-order valence-electron chi connectivity index (χ4n) is 2.61. The van der Waals surface area contributed by atoms with E-state index in [1.165, 1.54) is 6.07 Å². The van der Waals surface area contributed by atoms with Gasteiger partial charge in [-0.1, -0.05) is 12.1 Å². The van der Waals surface area contributed by atoms with Gasteiger partial charge in [0.15, 0.2) is 17.6 Å². The Kier molecular flexibility index (Phi) is 4.70. The lowest BCUT2D eigenvalue weighted by Gasteiger charge is -2.27. The molecule has 0 radical (unpaired) electrons. The molecule has 3 rings (SSSR count). The Bertz CT molecular complexity index is 789. The number of benzene rings is 2. The second-order valence-electron chi connectivity index (χ2n) is 6.30. The van der Waals surface area contributed by atoms with Crippen LogP contribution in [-0.4, -0.2) is 29.8 Å². The minimum atomic E-state index is -0.677. The summed E-state index contributed by atoms with van der Waals surface area (Å²) in [6, 6.07) is 10.7. The first kappa shape index (κ1) is 17.0. The van der Waals surface area contributed by atoms with Crippen LogP contribution in [0.15, 0.2) is 36.4 Å². The highest BCUT2D eigenvalue weighted by molar-refractivity contribution is 5.97. The summed E-state index contributed by atoms with van der Waals surface area (Å²) in [5.41, 5.74) is 2.34. The number of rotatable bonds is 4. The van der Waals surface area contributed by atoms with E-state index in [1.54, 1.807) is 12.1 Å². The van der Waals surface area contributed by atoms with Gasteiger partial charge in [0, 0.05) is 0 Å². The van der Waals surface area contributed by atoms with E-state index >= 15 is 0 Å². The molecule has 1 amide bonds. The second-order valence-corrected chi connectivity index (χ2v) is 6.30. The quantitative estimate of drug-likeness (QED) is 0.794. The van der Waals surface area contributed by atoms with Gasteiger partial charge in [-0.05, 0) is 50.6 Å². The predicted molar refractivity (Wildman–Crippen MR) is 96.6 cm³/mol. The highest BCUT2D eigenvalue weighted by Crippen LogP contribution is 2.36. The number of carbonyl (C=O) groups is 1. The average molecular weight is 342 g/mol. The first-order valence-electron chi connectivity index (χ1n) is 8.24. The molecule has 0 bridgehead atoms. The Balaban J connectivity index is 1.76. The van der Waals surface area contributed by atoms with Gasteiger partial charge < -0.3 is 25.2 Å². The molecule has 0 aromatic heterocycles. The monoisotopic (exact) mass is 342 g/mol. The Labute approximate surface area is 146 Å². The topological polar surface area (TPSA) is 79.8 Å². The maximum absolute atomic E-state index is 12.6. The van der Waals surface area contributed by atoms with Crippen molar-refractivity contribution in [3.8, 4) is 17.2 Å². The van der Waals surface area contributed by atoms with Crippen LogP contribution in [0.25, 0.3) is 0 Å². The third kappa shape index (κ3) is 3.79. The van der Waals surface area contributed by atoms with Gasteiger partial charge in [-0.3, -0.25) is 4.79 Å². The van der Waals surface area contributed by atoms with Crippen LogP contribution in [0, 0.1) is 6.92 Å². The van der Waals surface area contributed by atoms with Gasteiger partial charge in [0.25, 0.3) is 5.91 Å². The van der Waals surface area contributed by atoms with Crippen LogP contribution in [-0.2, 0) is 4.79 Å². The molecule has 6 nitrogen and oxygen atoms in total. The van der Waals surface area contributed by atoms with Crippen LogP contribution in [0.5, 0.6) is 17.2 Å². The smallest absolute Gasteiger partial charge is 0.267 e. The van der Waals surface area contributed by atoms with Crippen molar-refractivity contribution in [3.05, 3.63) is 42.0 Å². The lowest BCUT2D eigenvalue weighted by Crippen LogP contribution is -2.41. The Morgan fingerprint density at radius 2 is 2.16 bits per heavy atom. The van der Waals surface area contributed by atoms with E-state index < -0.39 is 6.10 Å². The zero-order chi connectivity index (χ0) is 18.0. The van der Waals surface area contributed by atoms with Crippen LogP contribution in [0.2, 0.25) is 0 Å². The number of carbonyl (C=O) groups excluding carboxylic acids is 1. The molecular formula is C19H22N2O4. The standard InChI is InChI=1S/C19H22N2O4/c1-11(2)24-18-14(5-4-6-15(18)22)21-19(23)17-10-20-13-8-7-12(3)9-16(13)25-17/h4-9,11,17,20,22H,10H2,1-3H3,(H,21,23). The molecular weight excluding hydrogens is 320 g/mol. The molecule has 6 heteroatoms. The maximum atomic E-state index is 12.6. The van der Waals surface area contributed by atoms with Crippen LogP contribution < -0.4 is 20.1 Å². The van der Waals surface area contributed by atoms with Crippen molar-refractivity contribution in [2.24, 2.45) is 0 Å². The van der Waals surface area contributed by atoms with Gasteiger partial charge in [0.2, 0.25) is 0 Å². The summed E-state index contributed by atoms with van der Waals surface area (Å²) in [5.74, 6) is 0.584. The predicted octanol–water partition coefficient (Wildman–Crippen LogP) is 3.30. The van der Waals surface area contributed by atoms with Crippen LogP contribution in [0.4, 0.5) is 11.4 Å². The molecule has 1 aliphatic heterocycles. The lowest BCUT2D eigenvalue weighted by atomic mass is 10.1. The summed E-state index contributed by atoms with van der Waals surface area (Å²) in [4.78, 5) is 12.6. The SMILES string of the molecule is Cc1ccc2c(c1)OC(C(=O)Nc1cccc(O)c1OC(C)C)CN2. The van der Waals surface area contributed by atoms with Crippen molar-refractivity contribution in [1.82, 2.24) is 0 Å². The van der Waals surface area contributed by atoms with E-state index in [-0.39, 0.29) is 23.5 Å². The van der Waals surface area contributed by atoms with E-state index in [2.05, 4.69) is 10.6 Å². The fraction of sp³-hybridized carbons (Fsp3) is 0.316. The number of anilines is 2. The summed E-state index contributed by atoms with van der Waals surface area (Å²) in [6.45, 7) is 6.04. The van der Waals surface area contributed by atoms with Crippen molar-refractivity contribution < 1.29 is 19.4 Å². The largest absolute Gasteiger partial charge is 0.504 e. The molecule has 0 spiro atoms. The van der Waals surface area contributed by atoms with Gasteiger partial charge in [-0.2, -0.15) is 0 Å². The van der Waals surface area contributed by atoms with Crippen molar-refractivity contribution in [2.45, 2.75) is 33.0 Å². The van der Waals surface area contributed by atoms with Gasteiger partial charge >= 0.3 is 0 Å². The molecule has 0 saturated heterocycles. The summed E-state index contributed by atoms with van der Waals surface area (Å²) in [7, 11) is 0. The Morgan fingerprint density at radius 3 is 2.92 bits per heavy atom. The van der Waals surface area contributed by atoms with Gasteiger partial charge in [0.1, 0.15) is 5.75 Å². The second kappa shape index (κ2) is 6.93. The number of aromatic hydroxyl groups is 1. The Hall–Kier alpha value is -2.89. The van der Waals surface area contributed by atoms with Crippen LogP contribution in [0.3, 0.4) is 0 Å². The molecule has 2 aromatic carbocycles. The van der Waals surface area contributed by atoms with Crippen molar-refractivity contribution in [1.29, 1.82) is 0 Å². The molecule has 1 atom stereocenters. The normalized spacial score (nSPS) is 15.8. The summed E-state index contributed by atoms with van der Waals surface area (Å²) in [6.07, 6.45) is -0.810. The number of fused-ring (bicyclic) bond motifs is 1. The number of ether oxygens (including phenoxy) is 2. The summed E-state index contributed by atoms with van der Waals surface area (Å²) in [5, 5.41) is 16.0. The average Bonchev–Trinajstić information content (AvgIpc) is 2.57. The fourth-order valence-corrected chi connectivity index (χ4v) is 2.61. The maximum Gasteiger partial charge on any atom is 0.267 e. The van der Waals surface area contributed by atoms with E-state index in [0.29, 0.717) is 18.0 Å². The number of aryl methyl sites for hydroxylation is 1. The zero-order valence-corrected chi connectivity index (χ0v) is 14.5. The number of hydrogen-bond acceptors (Lipinski definition) is 5. The van der Waals surface area contributed by atoms with Crippen LogP contribution in [0.1, 0.15) is 19.4 Å². The highest BCUT2D eigenvalue weighted by Gasteiger charge is 2.27. The lowest BCUT2D eigenvalue weighted by molar-refractivity contribution is -0.122. The third-order valence-corrected chi connectivity index (χ3v) is 3.78. The van der Waals surface area contributed by atoms with E-state index in [4.69, 9.17) is 9.47 Å². The highest BCUT2D eigenvalue weighted by atomic mass is 16.5. The molecule has 25 heavy (non-hydrogen) atoms. The van der Waals surface area contributed by atoms with Crippen molar-refractivity contribution in [3.63, 3.8) is 0 Å². The van der Waals surface area contributed by atoms with E-state index in [9.17, 15) is 9.90 Å². The molecule has 1 unspecified atom stereocenters. The number of amides is 1. The summed E-state index contributed by atoms with van der Waals surface area (Å²) < 4.78 is 11.4.